The largest absolute Gasteiger partial charge is 0.504 e. The van der Waals surface area contributed by atoms with E-state index >= 15 is 0 Å². The molecule has 1 unspecified atom stereocenters. The number of rotatable bonds is 19. The van der Waals surface area contributed by atoms with Gasteiger partial charge < -0.3 is 35.4 Å². The third kappa shape index (κ3) is 9.75. The minimum atomic E-state index is -0.391. The highest BCUT2D eigenvalue weighted by Gasteiger charge is 2.40. The maximum atomic E-state index is 10.5. The molecule has 2 heterocycles. The predicted octanol–water partition coefficient (Wildman–Crippen LogP) is 5.04. The number of hydrogen-bond acceptors (Lipinski definition) is 8. The maximum absolute atomic E-state index is 10.5. The number of aliphatic imine (C=N–C) groups is 1. The van der Waals surface area contributed by atoms with Gasteiger partial charge in [0.1, 0.15) is 12.2 Å². The molecule has 0 bridgehead atoms. The molecule has 43 heavy (non-hydrogen) atoms. The fourth-order valence-electron chi connectivity index (χ4n) is 6.63. The molecule has 4 rings (SSSR count). The first kappa shape index (κ1) is 33.4. The fourth-order valence-corrected chi connectivity index (χ4v) is 6.63. The van der Waals surface area contributed by atoms with Crippen molar-refractivity contribution in [3.8, 4) is 11.5 Å². The number of benzene rings is 1. The first-order chi connectivity index (χ1) is 20.9. The lowest BCUT2D eigenvalue weighted by Crippen LogP contribution is -2.48. The van der Waals surface area contributed by atoms with Gasteiger partial charge in [0.25, 0.3) is 0 Å². The van der Waals surface area contributed by atoms with E-state index in [1.54, 1.807) is 6.07 Å². The number of aromatic hydroxyl groups is 1. The molecule has 8 heteroatoms. The minimum Gasteiger partial charge on any atom is -0.504 e. The second-order valence-electron chi connectivity index (χ2n) is 12.4. The Morgan fingerprint density at radius 2 is 2.05 bits per heavy atom. The number of hydrogen-bond donors (Lipinski definition) is 5. The van der Waals surface area contributed by atoms with Crippen LogP contribution in [-0.2, 0) is 11.2 Å². The Bertz CT molecular complexity index is 1080. The third-order valence-electron chi connectivity index (χ3n) is 8.89. The highest BCUT2D eigenvalue weighted by atomic mass is 16.5. The van der Waals surface area contributed by atoms with E-state index in [1.807, 2.05) is 38.4 Å². The van der Waals surface area contributed by atoms with Crippen LogP contribution in [0.5, 0.6) is 11.5 Å². The van der Waals surface area contributed by atoms with Crippen molar-refractivity contribution in [1.29, 1.82) is 0 Å². The van der Waals surface area contributed by atoms with Crippen molar-refractivity contribution in [3.05, 3.63) is 59.2 Å². The molecule has 2 aliphatic heterocycles. The first-order valence-corrected chi connectivity index (χ1v) is 16.4. The molecule has 1 aliphatic carbocycles. The molecule has 8 nitrogen and oxygen atoms in total. The molecule has 0 radical (unpaired) electrons. The molecule has 0 amide bonds. The molecule has 1 fully saturated rings. The van der Waals surface area contributed by atoms with E-state index in [4.69, 9.17) is 14.5 Å². The van der Waals surface area contributed by atoms with Crippen molar-refractivity contribution in [3.63, 3.8) is 0 Å². The van der Waals surface area contributed by atoms with Crippen LogP contribution in [0.2, 0.25) is 0 Å². The summed E-state index contributed by atoms with van der Waals surface area (Å²) in [5.41, 5.74) is 3.28. The summed E-state index contributed by atoms with van der Waals surface area (Å²) in [5.74, 6) is 1.55. The normalized spacial score (nSPS) is 20.9. The summed E-state index contributed by atoms with van der Waals surface area (Å²) in [7, 11) is 1.98. The van der Waals surface area contributed by atoms with Gasteiger partial charge in [0.15, 0.2) is 23.8 Å². The van der Waals surface area contributed by atoms with Crippen LogP contribution >= 0.6 is 0 Å². The van der Waals surface area contributed by atoms with Crippen LogP contribution in [0.1, 0.15) is 77.2 Å². The predicted molar refractivity (Wildman–Crippen MR) is 172 cm³/mol. The molecular weight excluding hydrogens is 542 g/mol. The number of phenols is 1. The molecular formula is C35H53N3O5. The number of aliphatic hydroxyl groups excluding tert-OH is 2. The van der Waals surface area contributed by atoms with Gasteiger partial charge in [0.2, 0.25) is 0 Å². The number of likely N-dealkylation sites (N-methyl/N-ethyl adjacent to an activating group) is 1. The average Bonchev–Trinajstić information content (AvgIpc) is 3.77. The summed E-state index contributed by atoms with van der Waals surface area (Å²) in [6, 6.07) is 6.73. The number of aryl methyl sites for hydroxylation is 1. The highest BCUT2D eigenvalue weighted by molar-refractivity contribution is 5.84. The topological polar surface area (TPSA) is 116 Å². The summed E-state index contributed by atoms with van der Waals surface area (Å²) in [5, 5.41) is 37.0. The smallest absolute Gasteiger partial charge is 0.176 e. The van der Waals surface area contributed by atoms with E-state index < -0.39 is 6.10 Å². The quantitative estimate of drug-likeness (QED) is 0.142. The molecule has 1 saturated carbocycles. The zero-order chi connectivity index (χ0) is 30.6. The monoisotopic (exact) mass is 595 g/mol. The van der Waals surface area contributed by atoms with E-state index in [9.17, 15) is 15.3 Å². The lowest BCUT2D eigenvalue weighted by atomic mass is 9.79. The number of unbranched alkanes of at least 4 members (excludes halogenated alkanes) is 1. The molecule has 0 spiro atoms. The van der Waals surface area contributed by atoms with Crippen molar-refractivity contribution in [2.75, 3.05) is 33.4 Å². The number of nitrogens with zero attached hydrogens (tertiary/aromatic N) is 1. The fraction of sp³-hybridized carbons (Fsp3) is 0.629. The second-order valence-corrected chi connectivity index (χ2v) is 12.4. The van der Waals surface area contributed by atoms with Crippen LogP contribution < -0.4 is 15.4 Å². The lowest BCUT2D eigenvalue weighted by molar-refractivity contribution is 0.103. The van der Waals surface area contributed by atoms with Crippen molar-refractivity contribution < 1.29 is 24.8 Å². The molecule has 0 aromatic heterocycles. The molecule has 5 N–H and O–H groups in total. The Balaban J connectivity index is 1.31. The number of aliphatic hydroxyl groups is 2. The Labute approximate surface area is 258 Å². The maximum Gasteiger partial charge on any atom is 0.176 e. The summed E-state index contributed by atoms with van der Waals surface area (Å²) >= 11 is 0. The van der Waals surface area contributed by atoms with Crippen LogP contribution in [-0.4, -0.2) is 73.1 Å². The minimum absolute atomic E-state index is 0.00730. The van der Waals surface area contributed by atoms with Crippen molar-refractivity contribution in [1.82, 2.24) is 10.6 Å². The van der Waals surface area contributed by atoms with Crippen LogP contribution in [0, 0.1) is 24.0 Å². The van der Waals surface area contributed by atoms with Crippen LogP contribution in [0.4, 0.5) is 0 Å². The molecule has 0 saturated heterocycles. The van der Waals surface area contributed by atoms with E-state index in [0.717, 1.165) is 61.9 Å². The number of ether oxygens (including phenoxy) is 2. The molecule has 238 valence electrons. The van der Waals surface area contributed by atoms with Gasteiger partial charge in [-0.15, -0.1) is 4.99 Å². The average molecular weight is 596 g/mol. The molecule has 1 aromatic carbocycles. The van der Waals surface area contributed by atoms with E-state index in [1.165, 1.54) is 31.3 Å². The zero-order valence-electron chi connectivity index (χ0n) is 26.4. The Morgan fingerprint density at radius 3 is 2.77 bits per heavy atom. The van der Waals surface area contributed by atoms with Crippen LogP contribution in [0.15, 0.2) is 46.5 Å². The zero-order valence-corrected chi connectivity index (χ0v) is 26.4. The second kappa shape index (κ2) is 17.1. The van der Waals surface area contributed by atoms with E-state index in [2.05, 4.69) is 23.6 Å². The van der Waals surface area contributed by atoms with Gasteiger partial charge >= 0.3 is 0 Å². The van der Waals surface area contributed by atoms with Gasteiger partial charge in [-0.3, -0.25) is 0 Å². The van der Waals surface area contributed by atoms with Crippen molar-refractivity contribution in [2.45, 2.75) is 96.3 Å². The summed E-state index contributed by atoms with van der Waals surface area (Å²) in [6.45, 7) is 5.83. The molecule has 4 atom stereocenters. The summed E-state index contributed by atoms with van der Waals surface area (Å²) in [4.78, 5) is 4.75. The summed E-state index contributed by atoms with van der Waals surface area (Å²) < 4.78 is 12.2. The van der Waals surface area contributed by atoms with Gasteiger partial charge in [0.05, 0.1) is 24.5 Å². The van der Waals surface area contributed by atoms with Gasteiger partial charge in [-0.2, -0.15) is 11.6 Å². The van der Waals surface area contributed by atoms with Crippen LogP contribution in [0.3, 0.4) is 0 Å². The van der Waals surface area contributed by atoms with E-state index in [0.29, 0.717) is 37.2 Å². The van der Waals surface area contributed by atoms with Gasteiger partial charge in [-0.05, 0) is 63.3 Å². The Morgan fingerprint density at radius 1 is 1.23 bits per heavy atom. The first-order valence-electron chi connectivity index (χ1n) is 16.4. The van der Waals surface area contributed by atoms with Crippen molar-refractivity contribution in [2.24, 2.45) is 16.8 Å². The van der Waals surface area contributed by atoms with Crippen molar-refractivity contribution >= 4 is 6.21 Å². The highest BCUT2D eigenvalue weighted by Crippen LogP contribution is 2.39. The number of phenolic OH excluding ortho intramolecular Hbond substituents is 1. The molecule has 3 aliphatic rings. The number of nitrogens with one attached hydrogen (secondary N) is 2. The SMILES string of the molecule is CCCCC1O[C-](CCc2ccc(O)c(OCC[C+]3C=C([C@H](C4CCCC4)[C@H](CNC)NC[C@H](C)O)C=N3)c2)C=C1CO. The van der Waals surface area contributed by atoms with E-state index in [-0.39, 0.29) is 24.5 Å². The third-order valence-corrected chi connectivity index (χ3v) is 8.89. The van der Waals surface area contributed by atoms with Gasteiger partial charge in [-0.1, -0.05) is 51.2 Å². The molecule has 1 aromatic rings. The Hall–Kier alpha value is -2.49. The Kier molecular flexibility index (Phi) is 13.3. The standard InChI is InChI=1S/C35H53N3O5/c1-4-5-10-33-28(23-39)19-30(43-33)13-11-25-12-14-32(41)34(17-25)42-16-15-29-18-27(21-37-29)35(26-8-6-7-9-26)31(22-36-3)38-20-24(2)40/h12,14,17-19,21,24,26,31,33,35-36,38-41H,4-11,13,15-16,20,22-23H2,1-3H3/t24-,31-,33?,35-/m0/s1. The van der Waals surface area contributed by atoms with Gasteiger partial charge in [0, 0.05) is 31.8 Å². The van der Waals surface area contributed by atoms with Crippen LogP contribution in [0.25, 0.3) is 0 Å². The summed E-state index contributed by atoms with van der Waals surface area (Å²) in [6.07, 6.45) is 17.0. The lowest BCUT2D eigenvalue weighted by Gasteiger charge is -2.30. The van der Waals surface area contributed by atoms with Gasteiger partial charge in [-0.25, -0.2) is 0 Å².